The lowest BCUT2D eigenvalue weighted by Crippen LogP contribution is -2.22. The third-order valence-electron chi connectivity index (χ3n) is 3.38. The zero-order valence-electron chi connectivity index (χ0n) is 12.2. The number of nitrogens with one attached hydrogen (secondary N) is 1. The van der Waals surface area contributed by atoms with Crippen molar-refractivity contribution in [3.63, 3.8) is 0 Å². The molecule has 1 fully saturated rings. The Morgan fingerprint density at radius 1 is 1.29 bits per heavy atom. The maximum absolute atomic E-state index is 5.78. The first-order chi connectivity index (χ1) is 10.4. The Labute approximate surface area is 129 Å². The zero-order valence-corrected chi connectivity index (χ0v) is 13.0. The fraction of sp³-hybridized carbons (Fsp3) is 0.438. The van der Waals surface area contributed by atoms with Crippen molar-refractivity contribution in [3.8, 4) is 10.4 Å². The molecule has 1 aliphatic rings. The summed E-state index contributed by atoms with van der Waals surface area (Å²) in [6, 6.07) is 10.4. The second kappa shape index (κ2) is 7.13. The van der Waals surface area contributed by atoms with Gasteiger partial charge in [-0.3, -0.25) is 0 Å². The van der Waals surface area contributed by atoms with E-state index in [1.165, 1.54) is 10.4 Å². The Bertz CT molecular complexity index is 565. The van der Waals surface area contributed by atoms with Gasteiger partial charge in [0.1, 0.15) is 11.1 Å². The Hall–Kier alpha value is -1.27. The minimum atomic E-state index is -0.0263. The van der Waals surface area contributed by atoms with Gasteiger partial charge in [0, 0.05) is 6.54 Å². The van der Waals surface area contributed by atoms with Crippen LogP contribution in [0.4, 0.5) is 0 Å². The van der Waals surface area contributed by atoms with Gasteiger partial charge in [0.2, 0.25) is 0 Å². The molecule has 0 saturated carbocycles. The van der Waals surface area contributed by atoms with E-state index in [9.17, 15) is 0 Å². The maximum Gasteiger partial charge on any atom is 0.132 e. The average Bonchev–Trinajstić information content (AvgIpc) is 2.99. The Kier molecular flexibility index (Phi) is 4.98. The van der Waals surface area contributed by atoms with Gasteiger partial charge in [-0.15, -0.1) is 11.3 Å². The number of benzene rings is 1. The van der Waals surface area contributed by atoms with Gasteiger partial charge in [-0.25, -0.2) is 4.98 Å². The molecule has 1 aromatic carbocycles. The van der Waals surface area contributed by atoms with Crippen molar-refractivity contribution < 1.29 is 9.47 Å². The smallest absolute Gasteiger partial charge is 0.132 e. The summed E-state index contributed by atoms with van der Waals surface area (Å²) in [6.07, 6.45) is -0.0263. The lowest BCUT2D eigenvalue weighted by atomic mass is 10.1. The molecule has 1 aliphatic heterocycles. The predicted octanol–water partition coefficient (Wildman–Crippen LogP) is 3.01. The van der Waals surface area contributed by atoms with Gasteiger partial charge >= 0.3 is 0 Å². The molecule has 0 aliphatic carbocycles. The molecule has 2 heterocycles. The molecule has 0 radical (unpaired) electrons. The van der Waals surface area contributed by atoms with E-state index >= 15 is 0 Å². The summed E-state index contributed by atoms with van der Waals surface area (Å²) < 4.78 is 11.3. The second-order valence-electron chi connectivity index (χ2n) is 4.91. The third-order valence-corrected chi connectivity index (χ3v) is 4.62. The number of ether oxygens (including phenoxy) is 2. The van der Waals surface area contributed by atoms with Crippen LogP contribution in [0.15, 0.2) is 30.3 Å². The first kappa shape index (κ1) is 14.7. The second-order valence-corrected chi connectivity index (χ2v) is 5.94. The van der Waals surface area contributed by atoms with E-state index in [0.29, 0.717) is 19.8 Å². The van der Waals surface area contributed by atoms with Gasteiger partial charge in [-0.05, 0) is 12.1 Å². The van der Waals surface area contributed by atoms with E-state index in [-0.39, 0.29) is 6.10 Å². The van der Waals surface area contributed by atoms with Crippen molar-refractivity contribution in [1.82, 2.24) is 10.3 Å². The van der Waals surface area contributed by atoms with Crippen LogP contribution >= 0.6 is 11.3 Å². The molecule has 1 saturated heterocycles. The van der Waals surface area contributed by atoms with Gasteiger partial charge in [0.15, 0.2) is 0 Å². The first-order valence-electron chi connectivity index (χ1n) is 7.33. The normalized spacial score (nSPS) is 18.8. The summed E-state index contributed by atoms with van der Waals surface area (Å²) >= 11 is 1.71. The molecule has 3 rings (SSSR count). The van der Waals surface area contributed by atoms with Crippen LogP contribution in [0.1, 0.15) is 23.7 Å². The number of nitrogens with zero attached hydrogens (tertiary/aromatic N) is 1. The highest BCUT2D eigenvalue weighted by molar-refractivity contribution is 7.15. The highest BCUT2D eigenvalue weighted by Gasteiger charge is 2.23. The third kappa shape index (κ3) is 3.49. The van der Waals surface area contributed by atoms with Gasteiger partial charge in [0.05, 0.1) is 30.4 Å². The van der Waals surface area contributed by atoms with E-state index in [0.717, 1.165) is 23.8 Å². The Balaban J connectivity index is 1.90. The predicted molar refractivity (Wildman–Crippen MR) is 84.4 cm³/mol. The van der Waals surface area contributed by atoms with Crippen molar-refractivity contribution >= 4 is 11.3 Å². The minimum absolute atomic E-state index is 0.0263. The minimum Gasteiger partial charge on any atom is -0.376 e. The maximum atomic E-state index is 5.78. The van der Waals surface area contributed by atoms with E-state index in [1.54, 1.807) is 11.3 Å². The molecular weight excluding hydrogens is 284 g/mol. The molecule has 21 heavy (non-hydrogen) atoms. The topological polar surface area (TPSA) is 43.4 Å². The van der Waals surface area contributed by atoms with E-state index in [4.69, 9.17) is 14.5 Å². The van der Waals surface area contributed by atoms with Crippen LogP contribution < -0.4 is 5.32 Å². The highest BCUT2D eigenvalue weighted by atomic mass is 32.1. The molecule has 1 N–H and O–H groups in total. The van der Waals surface area contributed by atoms with Crippen LogP contribution in [0.2, 0.25) is 0 Å². The average molecular weight is 304 g/mol. The molecule has 2 aromatic rings. The summed E-state index contributed by atoms with van der Waals surface area (Å²) in [5.41, 5.74) is 2.31. The van der Waals surface area contributed by atoms with Crippen LogP contribution in [0.3, 0.4) is 0 Å². The fourth-order valence-corrected chi connectivity index (χ4v) is 3.44. The van der Waals surface area contributed by atoms with Gasteiger partial charge in [-0.2, -0.15) is 0 Å². The molecule has 0 bridgehead atoms. The molecule has 1 atom stereocenters. The van der Waals surface area contributed by atoms with Crippen LogP contribution in [-0.4, -0.2) is 31.3 Å². The summed E-state index contributed by atoms with van der Waals surface area (Å²) in [5.74, 6) is 0. The van der Waals surface area contributed by atoms with Crippen molar-refractivity contribution in [2.75, 3.05) is 26.4 Å². The summed E-state index contributed by atoms with van der Waals surface area (Å²) in [4.78, 5) is 6.02. The van der Waals surface area contributed by atoms with Crippen molar-refractivity contribution in [2.24, 2.45) is 0 Å². The molecule has 4 nitrogen and oxygen atoms in total. The van der Waals surface area contributed by atoms with Gasteiger partial charge in [0.25, 0.3) is 0 Å². The molecule has 1 unspecified atom stereocenters. The summed E-state index contributed by atoms with van der Waals surface area (Å²) in [5, 5.41) is 4.38. The summed E-state index contributed by atoms with van der Waals surface area (Å²) in [7, 11) is 0. The van der Waals surface area contributed by atoms with Crippen molar-refractivity contribution in [1.29, 1.82) is 0 Å². The SMILES string of the molecule is CCNCc1nc(C2COCCO2)sc1-c1ccccc1. The van der Waals surface area contributed by atoms with Gasteiger partial charge < -0.3 is 14.8 Å². The number of rotatable bonds is 5. The lowest BCUT2D eigenvalue weighted by molar-refractivity contribution is -0.0902. The molecule has 112 valence electrons. The largest absolute Gasteiger partial charge is 0.376 e. The molecule has 0 amide bonds. The van der Waals surface area contributed by atoms with Crippen LogP contribution in [-0.2, 0) is 16.0 Å². The number of aromatic nitrogens is 1. The summed E-state index contributed by atoms with van der Waals surface area (Å²) in [6.45, 7) is 5.75. The molecule has 1 aromatic heterocycles. The monoisotopic (exact) mass is 304 g/mol. The van der Waals surface area contributed by atoms with Crippen LogP contribution in [0.25, 0.3) is 10.4 Å². The lowest BCUT2D eigenvalue weighted by Gasteiger charge is -2.20. The van der Waals surface area contributed by atoms with Crippen molar-refractivity contribution in [2.45, 2.75) is 19.6 Å². The first-order valence-corrected chi connectivity index (χ1v) is 8.15. The van der Waals surface area contributed by atoms with E-state index < -0.39 is 0 Å². The van der Waals surface area contributed by atoms with E-state index in [2.05, 4.69) is 36.5 Å². The standard InChI is InChI=1S/C16H20N2O2S/c1-2-17-10-13-15(12-6-4-3-5-7-12)21-16(18-13)14-11-19-8-9-20-14/h3-7,14,17H,2,8-11H2,1H3. The Morgan fingerprint density at radius 3 is 2.86 bits per heavy atom. The quantitative estimate of drug-likeness (QED) is 0.922. The molecule has 5 heteroatoms. The highest BCUT2D eigenvalue weighted by Crippen LogP contribution is 2.34. The number of hydrogen-bond donors (Lipinski definition) is 1. The zero-order chi connectivity index (χ0) is 14.5. The van der Waals surface area contributed by atoms with Crippen molar-refractivity contribution in [3.05, 3.63) is 41.0 Å². The van der Waals surface area contributed by atoms with Crippen LogP contribution in [0, 0.1) is 0 Å². The van der Waals surface area contributed by atoms with Crippen LogP contribution in [0.5, 0.6) is 0 Å². The van der Waals surface area contributed by atoms with Gasteiger partial charge in [-0.1, -0.05) is 37.3 Å². The fourth-order valence-electron chi connectivity index (χ4n) is 2.32. The molecule has 0 spiro atoms. The Morgan fingerprint density at radius 2 is 2.14 bits per heavy atom. The molecular formula is C16H20N2O2S. The number of thiazole rings is 1. The van der Waals surface area contributed by atoms with E-state index in [1.807, 2.05) is 6.07 Å². The number of hydrogen-bond acceptors (Lipinski definition) is 5.